The largest absolute Gasteiger partial charge is 0.298 e. The van der Waals surface area contributed by atoms with Gasteiger partial charge < -0.3 is 0 Å². The number of nitrogens with zero attached hydrogens (tertiary/aromatic N) is 2. The second-order valence-corrected chi connectivity index (χ2v) is 8.42. The quantitative estimate of drug-likeness (QED) is 0.226. The summed E-state index contributed by atoms with van der Waals surface area (Å²) >= 11 is 0. The van der Waals surface area contributed by atoms with Gasteiger partial charge in [0.15, 0.2) is 0 Å². The van der Waals surface area contributed by atoms with Crippen molar-refractivity contribution in [3.05, 3.63) is 126 Å². The molecule has 0 amide bonds. The van der Waals surface area contributed by atoms with E-state index in [-0.39, 0.29) is 6.04 Å². The molecule has 1 aliphatic heterocycles. The maximum absolute atomic E-state index is 11.2. The average molecular weight is 427 g/mol. The molecule has 5 aromatic carbocycles. The van der Waals surface area contributed by atoms with E-state index >= 15 is 0 Å². The standard InChI is InChI=1S/C30H22N2O/c33-20-21-14-16-25(17-15-21)32-29(19-28(31-32)22-8-2-1-3-9-22)30-26-12-6-4-10-23(26)18-24-11-5-7-13-27(24)30/h1-18,20,29H,19H2. The van der Waals surface area contributed by atoms with Crippen LogP contribution in [0.2, 0.25) is 0 Å². The Labute approximate surface area is 192 Å². The minimum atomic E-state index is 0.0401. The minimum absolute atomic E-state index is 0.0401. The van der Waals surface area contributed by atoms with Gasteiger partial charge in [0.1, 0.15) is 6.29 Å². The molecular formula is C30H22N2O. The number of anilines is 1. The molecule has 5 aromatic rings. The lowest BCUT2D eigenvalue weighted by Gasteiger charge is -2.26. The first-order valence-electron chi connectivity index (χ1n) is 11.2. The molecule has 1 atom stereocenters. The molecule has 0 radical (unpaired) electrons. The number of carbonyl (C=O) groups excluding carboxylic acids is 1. The van der Waals surface area contributed by atoms with E-state index in [1.165, 1.54) is 27.1 Å². The molecule has 1 aliphatic rings. The van der Waals surface area contributed by atoms with Gasteiger partial charge in [-0.25, -0.2) is 0 Å². The third-order valence-corrected chi connectivity index (χ3v) is 6.46. The van der Waals surface area contributed by atoms with Gasteiger partial charge in [-0.05, 0) is 63.0 Å². The fourth-order valence-corrected chi connectivity index (χ4v) is 4.89. The first-order valence-corrected chi connectivity index (χ1v) is 11.2. The van der Waals surface area contributed by atoms with Crippen LogP contribution in [-0.4, -0.2) is 12.0 Å². The molecule has 0 aliphatic carbocycles. The van der Waals surface area contributed by atoms with Crippen molar-refractivity contribution in [1.29, 1.82) is 0 Å². The van der Waals surface area contributed by atoms with Crippen LogP contribution in [0, 0.1) is 0 Å². The average Bonchev–Trinajstić information content (AvgIpc) is 3.33. The highest BCUT2D eigenvalue weighted by Gasteiger charge is 2.32. The van der Waals surface area contributed by atoms with Crippen molar-refractivity contribution in [3.63, 3.8) is 0 Å². The summed E-state index contributed by atoms with van der Waals surface area (Å²) in [6.45, 7) is 0. The van der Waals surface area contributed by atoms with Crippen molar-refractivity contribution in [2.45, 2.75) is 12.5 Å². The van der Waals surface area contributed by atoms with Crippen molar-refractivity contribution in [1.82, 2.24) is 0 Å². The van der Waals surface area contributed by atoms with Gasteiger partial charge in [0.25, 0.3) is 0 Å². The lowest BCUT2D eigenvalue weighted by Crippen LogP contribution is -2.19. The SMILES string of the molecule is O=Cc1ccc(N2N=C(c3ccccc3)CC2c2c3ccccc3cc3ccccc23)cc1. The predicted molar refractivity (Wildman–Crippen MR) is 136 cm³/mol. The molecule has 33 heavy (non-hydrogen) atoms. The smallest absolute Gasteiger partial charge is 0.150 e. The van der Waals surface area contributed by atoms with Gasteiger partial charge in [-0.15, -0.1) is 0 Å². The Kier molecular flexibility index (Phi) is 4.73. The summed E-state index contributed by atoms with van der Waals surface area (Å²) in [4.78, 5) is 11.2. The zero-order valence-electron chi connectivity index (χ0n) is 18.1. The van der Waals surface area contributed by atoms with Gasteiger partial charge in [-0.1, -0.05) is 78.9 Å². The van der Waals surface area contributed by atoms with Crippen molar-refractivity contribution < 1.29 is 4.79 Å². The second kappa shape index (κ2) is 8.03. The summed E-state index contributed by atoms with van der Waals surface area (Å²) in [5.74, 6) is 0. The molecule has 0 saturated carbocycles. The van der Waals surface area contributed by atoms with E-state index in [0.29, 0.717) is 5.56 Å². The zero-order chi connectivity index (χ0) is 22.2. The Hall–Kier alpha value is -4.24. The molecule has 0 saturated heterocycles. The Morgan fingerprint density at radius 2 is 1.33 bits per heavy atom. The van der Waals surface area contributed by atoms with E-state index in [9.17, 15) is 4.79 Å². The fraction of sp³-hybridized carbons (Fsp3) is 0.0667. The summed E-state index contributed by atoms with van der Waals surface area (Å²) in [5, 5.41) is 12.2. The zero-order valence-corrected chi connectivity index (χ0v) is 18.1. The van der Waals surface area contributed by atoms with Crippen LogP contribution in [0.15, 0.2) is 114 Å². The molecule has 0 aromatic heterocycles. The van der Waals surface area contributed by atoms with Crippen LogP contribution in [0.5, 0.6) is 0 Å². The molecule has 3 nitrogen and oxygen atoms in total. The van der Waals surface area contributed by atoms with Crippen LogP contribution in [0.1, 0.15) is 33.9 Å². The lowest BCUT2D eigenvalue weighted by molar-refractivity contribution is 0.112. The van der Waals surface area contributed by atoms with Gasteiger partial charge in [-0.3, -0.25) is 9.80 Å². The molecule has 0 N–H and O–H groups in total. The Bertz CT molecular complexity index is 1450. The van der Waals surface area contributed by atoms with E-state index in [4.69, 9.17) is 5.10 Å². The fourth-order valence-electron chi connectivity index (χ4n) is 4.89. The summed E-state index contributed by atoms with van der Waals surface area (Å²) in [5.41, 5.74) is 5.14. The topological polar surface area (TPSA) is 32.7 Å². The van der Waals surface area contributed by atoms with Gasteiger partial charge in [0, 0.05) is 12.0 Å². The number of benzene rings is 5. The van der Waals surface area contributed by atoms with E-state index < -0.39 is 0 Å². The molecule has 6 rings (SSSR count). The van der Waals surface area contributed by atoms with Crippen LogP contribution in [0.4, 0.5) is 5.69 Å². The number of fused-ring (bicyclic) bond motifs is 2. The number of hydrogen-bond acceptors (Lipinski definition) is 3. The van der Waals surface area contributed by atoms with Crippen LogP contribution < -0.4 is 5.01 Å². The molecule has 1 heterocycles. The van der Waals surface area contributed by atoms with Crippen molar-refractivity contribution >= 4 is 39.2 Å². The summed E-state index contributed by atoms with van der Waals surface area (Å²) in [6, 6.07) is 37.6. The Morgan fingerprint density at radius 1 is 0.727 bits per heavy atom. The molecule has 0 spiro atoms. The number of carbonyl (C=O) groups is 1. The molecule has 158 valence electrons. The van der Waals surface area contributed by atoms with Gasteiger partial charge in [-0.2, -0.15) is 5.10 Å². The number of hydrogen-bond donors (Lipinski definition) is 0. The highest BCUT2D eigenvalue weighted by Crippen LogP contribution is 2.42. The molecule has 0 bridgehead atoms. The summed E-state index contributed by atoms with van der Waals surface area (Å²) in [6.07, 6.45) is 1.68. The Balaban J connectivity index is 1.58. The van der Waals surface area contributed by atoms with E-state index in [1.807, 2.05) is 30.3 Å². The van der Waals surface area contributed by atoms with Gasteiger partial charge in [0.05, 0.1) is 17.4 Å². The lowest BCUT2D eigenvalue weighted by atomic mass is 9.89. The third kappa shape index (κ3) is 3.39. The maximum Gasteiger partial charge on any atom is 0.150 e. The molecule has 3 heteroatoms. The Morgan fingerprint density at radius 3 is 1.97 bits per heavy atom. The van der Waals surface area contributed by atoms with Crippen LogP contribution >= 0.6 is 0 Å². The van der Waals surface area contributed by atoms with Crippen molar-refractivity contribution in [3.8, 4) is 0 Å². The summed E-state index contributed by atoms with van der Waals surface area (Å²) in [7, 11) is 0. The highest BCUT2D eigenvalue weighted by molar-refractivity contribution is 6.07. The third-order valence-electron chi connectivity index (χ3n) is 6.46. The predicted octanol–water partition coefficient (Wildman–Crippen LogP) is 7.16. The number of aldehydes is 1. The molecular weight excluding hydrogens is 404 g/mol. The van der Waals surface area contributed by atoms with Gasteiger partial charge >= 0.3 is 0 Å². The van der Waals surface area contributed by atoms with Crippen molar-refractivity contribution in [2.75, 3.05) is 5.01 Å². The normalized spacial score (nSPS) is 15.7. The minimum Gasteiger partial charge on any atom is -0.298 e. The van der Waals surface area contributed by atoms with Crippen LogP contribution in [0.3, 0.4) is 0 Å². The first kappa shape index (κ1) is 19.4. The summed E-state index contributed by atoms with van der Waals surface area (Å²) < 4.78 is 0. The van der Waals surface area contributed by atoms with Gasteiger partial charge in [0.2, 0.25) is 0 Å². The highest BCUT2D eigenvalue weighted by atomic mass is 16.1. The number of hydrazone groups is 1. The first-order chi connectivity index (χ1) is 16.3. The van der Waals surface area contributed by atoms with Crippen LogP contribution in [0.25, 0.3) is 21.5 Å². The maximum atomic E-state index is 11.2. The van der Waals surface area contributed by atoms with Crippen LogP contribution in [-0.2, 0) is 0 Å². The van der Waals surface area contributed by atoms with E-state index in [2.05, 4.69) is 83.9 Å². The van der Waals surface area contributed by atoms with Crippen molar-refractivity contribution in [2.24, 2.45) is 5.10 Å². The monoisotopic (exact) mass is 426 g/mol. The van der Waals surface area contributed by atoms with E-state index in [1.54, 1.807) is 0 Å². The molecule has 1 unspecified atom stereocenters. The van der Waals surface area contributed by atoms with E-state index in [0.717, 1.165) is 29.7 Å². The number of rotatable bonds is 4. The second-order valence-electron chi connectivity index (χ2n) is 8.42. The molecule has 0 fully saturated rings.